The van der Waals surface area contributed by atoms with Gasteiger partial charge in [0, 0.05) is 20.1 Å². The maximum Gasteiger partial charge on any atom is 0.191 e. The molecule has 1 aromatic rings. The Morgan fingerprint density at radius 1 is 1.33 bits per heavy atom. The van der Waals surface area contributed by atoms with Crippen LogP contribution in [-0.2, 0) is 6.54 Å². The summed E-state index contributed by atoms with van der Waals surface area (Å²) in [6, 6.07) is 5.12. The van der Waals surface area contributed by atoms with Crippen molar-refractivity contribution in [2.24, 2.45) is 4.99 Å². The molecule has 0 atom stereocenters. The number of benzene rings is 1. The molecule has 0 amide bonds. The van der Waals surface area contributed by atoms with Gasteiger partial charge in [0.15, 0.2) is 5.96 Å². The Kier molecular flexibility index (Phi) is 8.70. The molecule has 0 saturated heterocycles. The smallest absolute Gasteiger partial charge is 0.191 e. The van der Waals surface area contributed by atoms with Crippen molar-refractivity contribution in [1.82, 2.24) is 10.6 Å². The van der Waals surface area contributed by atoms with Crippen LogP contribution >= 0.6 is 24.0 Å². The van der Waals surface area contributed by atoms with Gasteiger partial charge in [0.1, 0.15) is 5.82 Å². The van der Waals surface area contributed by atoms with E-state index in [9.17, 15) is 4.39 Å². The zero-order chi connectivity index (χ0) is 12.7. The van der Waals surface area contributed by atoms with Crippen molar-refractivity contribution in [3.63, 3.8) is 0 Å². The molecule has 0 saturated carbocycles. The minimum absolute atomic E-state index is 0. The van der Waals surface area contributed by atoms with Gasteiger partial charge in [-0.05, 0) is 30.5 Å². The lowest BCUT2D eigenvalue weighted by Gasteiger charge is -2.11. The van der Waals surface area contributed by atoms with Crippen molar-refractivity contribution in [2.75, 3.05) is 13.6 Å². The van der Waals surface area contributed by atoms with Gasteiger partial charge in [-0.1, -0.05) is 19.1 Å². The lowest BCUT2D eigenvalue weighted by Crippen LogP contribution is -2.37. The number of aryl methyl sites for hydroxylation is 1. The second kappa shape index (κ2) is 9.13. The summed E-state index contributed by atoms with van der Waals surface area (Å²) in [7, 11) is 1.74. The minimum atomic E-state index is -0.165. The van der Waals surface area contributed by atoms with E-state index in [0.29, 0.717) is 12.1 Å². The second-order valence-corrected chi connectivity index (χ2v) is 3.94. The van der Waals surface area contributed by atoms with E-state index in [1.807, 2.05) is 6.07 Å². The Balaban J connectivity index is 0.00000289. The molecule has 2 N–H and O–H groups in total. The quantitative estimate of drug-likeness (QED) is 0.489. The third-order valence-electron chi connectivity index (χ3n) is 2.45. The summed E-state index contributed by atoms with van der Waals surface area (Å²) in [4.78, 5) is 4.10. The molecule has 0 fully saturated rings. The Morgan fingerprint density at radius 3 is 2.61 bits per heavy atom. The number of nitrogens with zero attached hydrogens (tertiary/aromatic N) is 1. The van der Waals surface area contributed by atoms with Crippen molar-refractivity contribution >= 4 is 29.9 Å². The van der Waals surface area contributed by atoms with Gasteiger partial charge in [-0.25, -0.2) is 4.39 Å². The molecule has 0 radical (unpaired) electrons. The van der Waals surface area contributed by atoms with Gasteiger partial charge < -0.3 is 10.6 Å². The number of hydrogen-bond acceptors (Lipinski definition) is 1. The van der Waals surface area contributed by atoms with Crippen LogP contribution in [0.4, 0.5) is 4.39 Å². The molecule has 18 heavy (non-hydrogen) atoms. The molecule has 5 heteroatoms. The van der Waals surface area contributed by atoms with Gasteiger partial charge >= 0.3 is 0 Å². The maximum atomic E-state index is 13.1. The first-order chi connectivity index (χ1) is 8.17. The lowest BCUT2D eigenvalue weighted by atomic mass is 10.1. The molecular weight excluding hydrogens is 344 g/mol. The van der Waals surface area contributed by atoms with Crippen LogP contribution in [0.1, 0.15) is 24.5 Å². The van der Waals surface area contributed by atoms with E-state index in [1.54, 1.807) is 20.0 Å². The van der Waals surface area contributed by atoms with Crippen molar-refractivity contribution in [2.45, 2.75) is 26.8 Å². The van der Waals surface area contributed by atoms with Gasteiger partial charge in [-0.2, -0.15) is 0 Å². The van der Waals surface area contributed by atoms with Gasteiger partial charge in [0.05, 0.1) is 0 Å². The molecule has 1 aromatic carbocycles. The number of guanidine groups is 1. The standard InChI is InChI=1S/C13H20FN3.HI/c1-4-7-16-13(15-3)17-9-11-5-6-12(14)10(2)8-11;/h5-6,8H,4,7,9H2,1-3H3,(H2,15,16,17);1H. The van der Waals surface area contributed by atoms with Crippen LogP contribution in [-0.4, -0.2) is 19.6 Å². The van der Waals surface area contributed by atoms with Gasteiger partial charge in [-0.3, -0.25) is 4.99 Å². The molecule has 0 aromatic heterocycles. The van der Waals surface area contributed by atoms with E-state index in [-0.39, 0.29) is 29.8 Å². The Bertz CT molecular complexity index is 394. The highest BCUT2D eigenvalue weighted by atomic mass is 127. The fourth-order valence-electron chi connectivity index (χ4n) is 1.47. The molecule has 0 aliphatic rings. The highest BCUT2D eigenvalue weighted by Gasteiger charge is 2.00. The van der Waals surface area contributed by atoms with Crippen LogP contribution in [0.5, 0.6) is 0 Å². The van der Waals surface area contributed by atoms with Crippen molar-refractivity contribution in [3.8, 4) is 0 Å². The zero-order valence-corrected chi connectivity index (χ0v) is 13.4. The predicted molar refractivity (Wildman–Crippen MR) is 85.0 cm³/mol. The van der Waals surface area contributed by atoms with E-state index >= 15 is 0 Å². The average Bonchev–Trinajstić information content (AvgIpc) is 2.34. The van der Waals surface area contributed by atoms with Crippen molar-refractivity contribution in [3.05, 3.63) is 35.1 Å². The predicted octanol–water partition coefficient (Wildman–Crippen LogP) is 2.83. The van der Waals surface area contributed by atoms with Crippen LogP contribution in [0, 0.1) is 12.7 Å². The molecule has 0 heterocycles. The number of hydrogen-bond donors (Lipinski definition) is 2. The summed E-state index contributed by atoms with van der Waals surface area (Å²) in [5.41, 5.74) is 1.71. The van der Waals surface area contributed by atoms with E-state index in [2.05, 4.69) is 22.5 Å². The van der Waals surface area contributed by atoms with Crippen LogP contribution < -0.4 is 10.6 Å². The monoisotopic (exact) mass is 365 g/mol. The number of nitrogens with one attached hydrogen (secondary N) is 2. The summed E-state index contributed by atoms with van der Waals surface area (Å²) >= 11 is 0. The molecule has 102 valence electrons. The molecule has 0 unspecified atom stereocenters. The third-order valence-corrected chi connectivity index (χ3v) is 2.45. The first-order valence-electron chi connectivity index (χ1n) is 5.87. The van der Waals surface area contributed by atoms with Crippen molar-refractivity contribution in [1.29, 1.82) is 0 Å². The first-order valence-corrected chi connectivity index (χ1v) is 5.87. The molecule has 0 aliphatic heterocycles. The fourth-order valence-corrected chi connectivity index (χ4v) is 1.47. The molecule has 0 bridgehead atoms. The fraction of sp³-hybridized carbons (Fsp3) is 0.462. The molecule has 3 nitrogen and oxygen atoms in total. The highest BCUT2D eigenvalue weighted by Crippen LogP contribution is 2.08. The van der Waals surface area contributed by atoms with Gasteiger partial charge in [0.2, 0.25) is 0 Å². The SMILES string of the molecule is CCCNC(=NC)NCc1ccc(F)c(C)c1.I. The van der Waals surface area contributed by atoms with Crippen LogP contribution in [0.25, 0.3) is 0 Å². The zero-order valence-electron chi connectivity index (χ0n) is 11.1. The third kappa shape index (κ3) is 5.66. The minimum Gasteiger partial charge on any atom is -0.356 e. The largest absolute Gasteiger partial charge is 0.356 e. The normalized spacial score (nSPS) is 10.8. The Labute approximate surface area is 125 Å². The molecule has 0 aliphatic carbocycles. The number of aliphatic imine (C=N–C) groups is 1. The first kappa shape index (κ1) is 17.2. The number of rotatable bonds is 4. The Hall–Kier alpha value is -0.850. The maximum absolute atomic E-state index is 13.1. The summed E-state index contributed by atoms with van der Waals surface area (Å²) in [6.07, 6.45) is 1.05. The second-order valence-electron chi connectivity index (χ2n) is 3.94. The van der Waals surface area contributed by atoms with E-state index < -0.39 is 0 Å². The molecular formula is C13H21FIN3. The highest BCUT2D eigenvalue weighted by molar-refractivity contribution is 14.0. The summed E-state index contributed by atoms with van der Waals surface area (Å²) in [5, 5.41) is 6.36. The van der Waals surface area contributed by atoms with E-state index in [0.717, 1.165) is 24.5 Å². The molecule has 0 spiro atoms. The Morgan fingerprint density at radius 2 is 2.06 bits per heavy atom. The summed E-state index contributed by atoms with van der Waals surface area (Å²) in [5.74, 6) is 0.607. The lowest BCUT2D eigenvalue weighted by molar-refractivity contribution is 0.617. The van der Waals surface area contributed by atoms with Crippen LogP contribution in [0.3, 0.4) is 0 Å². The average molecular weight is 365 g/mol. The van der Waals surface area contributed by atoms with Crippen LogP contribution in [0.2, 0.25) is 0 Å². The summed E-state index contributed by atoms with van der Waals surface area (Å²) in [6.45, 7) is 5.40. The summed E-state index contributed by atoms with van der Waals surface area (Å²) < 4.78 is 13.1. The van der Waals surface area contributed by atoms with Crippen LogP contribution in [0.15, 0.2) is 23.2 Å². The number of halogens is 2. The van der Waals surface area contributed by atoms with Gasteiger partial charge in [0.25, 0.3) is 0 Å². The topological polar surface area (TPSA) is 36.4 Å². The van der Waals surface area contributed by atoms with E-state index in [1.165, 1.54) is 6.07 Å². The van der Waals surface area contributed by atoms with E-state index in [4.69, 9.17) is 0 Å². The molecule has 1 rings (SSSR count). The van der Waals surface area contributed by atoms with Gasteiger partial charge in [-0.15, -0.1) is 24.0 Å². The van der Waals surface area contributed by atoms with Crippen molar-refractivity contribution < 1.29 is 4.39 Å².